The number of morpholine rings is 1. The number of carbonyl (C=O) groups is 10. The van der Waals surface area contributed by atoms with E-state index in [1.54, 1.807) is 24.4 Å². The molecule has 39 heteroatoms. The lowest BCUT2D eigenvalue weighted by Crippen LogP contribution is -2.37. The van der Waals surface area contributed by atoms with Crippen molar-refractivity contribution in [1.82, 2.24) is 30.5 Å². The van der Waals surface area contributed by atoms with E-state index in [1.807, 2.05) is 52.8 Å². The van der Waals surface area contributed by atoms with Crippen molar-refractivity contribution in [2.24, 2.45) is 11.8 Å². The molecule has 3 aromatic heterocycles. The molecule has 9 unspecified atom stereocenters. The van der Waals surface area contributed by atoms with Gasteiger partial charge in [0.2, 0.25) is 29.3 Å². The van der Waals surface area contributed by atoms with Crippen molar-refractivity contribution < 1.29 is 149 Å². The van der Waals surface area contributed by atoms with E-state index in [0.29, 0.717) is 149 Å². The zero-order chi connectivity index (χ0) is 89.6. The fourth-order valence-corrected chi connectivity index (χ4v) is 13.3. The molecule has 38 nitrogen and oxygen atoms in total. The van der Waals surface area contributed by atoms with Crippen molar-refractivity contribution in [2.45, 2.75) is 224 Å². The highest BCUT2D eigenvalue weighted by Gasteiger charge is 2.41. The lowest BCUT2D eigenvalue weighted by Gasteiger charge is -2.30. The fourth-order valence-electron chi connectivity index (χ4n) is 12.2. The second-order valence-corrected chi connectivity index (χ2v) is 29.7. The summed E-state index contributed by atoms with van der Waals surface area (Å²) in [6.07, 6.45) is 5.52. The first-order valence-electron chi connectivity index (χ1n) is 41.7. The number of aromatic nitrogens is 3. The molecule has 2 aliphatic heterocycles. The molecule has 2 saturated heterocycles. The van der Waals surface area contributed by atoms with Gasteiger partial charge >= 0.3 is 30.0 Å². The average Bonchev–Trinajstić information content (AvgIpc) is 1.59. The normalized spacial score (nSPS) is 17.1. The number of unbranched alkanes of at least 4 members (excludes halogenated alkanes) is 1. The number of ether oxygens (including phenoxy) is 14. The molecule has 1 aromatic carbocycles. The standard InChI is InChI=1S/C36H45N5O11.C28H46N2O9S.C12H22O7.C7H16O4/c1-3-25(22-42)50-30(46-2)23-49-29(44)13-7-12-28(43)37-14-4-5-18-48-36(45)51-26-10-6-9-24(21-26)33-39-31-27-11-8-15-38-35(27)52-32(31)34(40-33)41-16-19-47-20-17-41;1-4-21(17-31)39-27(37-3)18-38-26(35)8-6-7-24(33)29-13-14-40-23-15-25(34)30(28(23)36)16-19-9-11-20(12-10-19)22(32)5-2;1-3-9(7-13)19-12(17-2)8-18-11(16)6-4-5-10(14)15;1-3-6(4-8)11-7(5-9)10-2/h6,8-11,15,21,25,30,42H,3-5,7,12-14,16-20,22-23H2,1-2H3,(H,37,43);19-21,23,27,31H,4-18H2,1-3H3,(H,29,33);9,12-13H,3-8H2,1-2H3,(H,14,15);6-9H,3-5H2,1-2H3. The molecule has 8 N–H and O–H groups in total. The Morgan fingerprint density at radius 3 is 1.60 bits per heavy atom. The third-order valence-electron chi connectivity index (χ3n) is 19.5. The molecule has 122 heavy (non-hydrogen) atoms. The molecule has 0 radical (unpaired) electrons. The monoisotopic (exact) mass is 1750 g/mol. The smallest absolute Gasteiger partial charge is 0.481 e. The van der Waals surface area contributed by atoms with Crippen LogP contribution in [0.2, 0.25) is 0 Å². The molecular formula is C83H129N7O31S. The molecule has 4 aromatic rings. The largest absolute Gasteiger partial charge is 0.513 e. The number of pyridine rings is 1. The number of aliphatic carboxylic acids is 1. The number of ketones is 1. The molecule has 3 aliphatic rings. The van der Waals surface area contributed by atoms with Crippen molar-refractivity contribution in [1.29, 1.82) is 0 Å². The summed E-state index contributed by atoms with van der Waals surface area (Å²) >= 11 is 1.37. The van der Waals surface area contributed by atoms with Gasteiger partial charge < -0.3 is 117 Å². The number of amides is 4. The van der Waals surface area contributed by atoms with Crippen LogP contribution in [0.1, 0.15) is 169 Å². The van der Waals surface area contributed by atoms with E-state index in [-0.39, 0.29) is 164 Å². The van der Waals surface area contributed by atoms with Crippen molar-refractivity contribution in [3.8, 4) is 17.1 Å². The maximum absolute atomic E-state index is 12.8. The van der Waals surface area contributed by atoms with Crippen LogP contribution >= 0.6 is 11.8 Å². The van der Waals surface area contributed by atoms with Crippen LogP contribution < -0.4 is 20.3 Å². The number of imide groups is 1. The van der Waals surface area contributed by atoms with Gasteiger partial charge in [-0.1, -0.05) is 46.8 Å². The quantitative estimate of drug-likeness (QED) is 0.00571. The molecule has 4 amide bonds. The molecule has 1 saturated carbocycles. The summed E-state index contributed by atoms with van der Waals surface area (Å²) < 4.78 is 78.9. The van der Waals surface area contributed by atoms with E-state index in [0.717, 1.165) is 31.1 Å². The van der Waals surface area contributed by atoms with E-state index in [9.17, 15) is 58.2 Å². The minimum atomic E-state index is -0.945. The Morgan fingerprint density at radius 2 is 1.11 bits per heavy atom. The SMILES string of the molecule is CCC(=O)C1CCC(CN2C(=O)CC(SCCNC(=O)CCCC(=O)OCC(OC)OC(CC)CO)C2=O)CC1.CCC(CO)OC(CO)OC.CCC(CO)OC(COC(=O)CCCC(=O)NCCCCOC(=O)Oc1cccc(-c2nc(N3CCOCC3)c3oc4ncccc4c3n2)c1)OC.CCC(CO)OC(COC(=O)CCCC(=O)O)OC. The molecule has 9 atom stereocenters. The van der Waals surface area contributed by atoms with Gasteiger partial charge in [0.25, 0.3) is 0 Å². The van der Waals surface area contributed by atoms with E-state index >= 15 is 0 Å². The Kier molecular flexibility index (Phi) is 53.9. The summed E-state index contributed by atoms with van der Waals surface area (Å²) in [4.78, 5) is 137. The summed E-state index contributed by atoms with van der Waals surface area (Å²) in [5.74, 6) is -0.548. The number of Topliss-reactive ketones (excluding diaryl/α,β-unsaturated/α-hetero) is 1. The van der Waals surface area contributed by atoms with E-state index in [1.165, 1.54) is 45.1 Å². The van der Waals surface area contributed by atoms with Crippen LogP contribution in [0.25, 0.3) is 33.6 Å². The zero-order valence-electron chi connectivity index (χ0n) is 71.8. The molecule has 0 bridgehead atoms. The number of methoxy groups -OCH3 is 4. The number of benzene rings is 1. The minimum Gasteiger partial charge on any atom is -0.481 e. The number of thioether (sulfide) groups is 1. The molecule has 688 valence electrons. The number of fused-ring (bicyclic) bond motifs is 3. The third-order valence-corrected chi connectivity index (χ3v) is 20.7. The topological polar surface area (TPSA) is 504 Å². The zero-order valence-corrected chi connectivity index (χ0v) is 72.6. The number of aliphatic hydroxyl groups excluding tert-OH is 5. The molecule has 0 spiro atoms. The van der Waals surface area contributed by atoms with Gasteiger partial charge in [0.15, 0.2) is 42.4 Å². The summed E-state index contributed by atoms with van der Waals surface area (Å²) in [6.45, 7) is 12.1. The highest BCUT2D eigenvalue weighted by atomic mass is 32.2. The van der Waals surface area contributed by atoms with Crippen LogP contribution in [-0.4, -0.2) is 304 Å². The number of aliphatic hydroxyl groups is 5. The van der Waals surface area contributed by atoms with Gasteiger partial charge in [-0.3, -0.25) is 48.1 Å². The Balaban J connectivity index is 0.000000391. The number of nitrogens with one attached hydrogen (secondary N) is 2. The van der Waals surface area contributed by atoms with Gasteiger partial charge in [-0.05, 0) is 114 Å². The third kappa shape index (κ3) is 40.6. The first-order chi connectivity index (χ1) is 58.9. The highest BCUT2D eigenvalue weighted by molar-refractivity contribution is 8.00. The Bertz CT molecular complexity index is 3690. The van der Waals surface area contributed by atoms with Crippen LogP contribution in [0.4, 0.5) is 10.6 Å². The number of hydrogen-bond acceptors (Lipinski definition) is 35. The number of rotatable bonds is 55. The van der Waals surface area contributed by atoms with Gasteiger partial charge in [-0.15, -0.1) is 11.8 Å². The van der Waals surface area contributed by atoms with Gasteiger partial charge in [-0.2, -0.15) is 0 Å². The predicted molar refractivity (Wildman–Crippen MR) is 442 cm³/mol. The van der Waals surface area contributed by atoms with Crippen molar-refractivity contribution in [3.63, 3.8) is 0 Å². The van der Waals surface area contributed by atoms with Gasteiger partial charge in [0, 0.05) is 136 Å². The molecular weight excluding hydrogens is 1620 g/mol. The average molecular weight is 1750 g/mol. The van der Waals surface area contributed by atoms with Crippen molar-refractivity contribution >= 4 is 99.2 Å². The van der Waals surface area contributed by atoms with Crippen LogP contribution in [0.3, 0.4) is 0 Å². The second kappa shape index (κ2) is 61.9. The summed E-state index contributed by atoms with van der Waals surface area (Å²) in [5.41, 5.74) is 2.30. The summed E-state index contributed by atoms with van der Waals surface area (Å²) in [5, 5.41) is 59.1. The Labute approximate surface area is 716 Å². The molecule has 5 heterocycles. The van der Waals surface area contributed by atoms with E-state index in [4.69, 9.17) is 101 Å². The summed E-state index contributed by atoms with van der Waals surface area (Å²) in [6, 6.07) is 10.6. The number of carboxylic acids is 1. The Hall–Kier alpha value is -8.26. The van der Waals surface area contributed by atoms with Crippen LogP contribution in [0.15, 0.2) is 47.0 Å². The highest BCUT2D eigenvalue weighted by Crippen LogP contribution is 2.36. The van der Waals surface area contributed by atoms with Crippen LogP contribution in [-0.2, 0) is 105 Å². The maximum Gasteiger partial charge on any atom is 0.513 e. The van der Waals surface area contributed by atoms with Crippen molar-refractivity contribution in [2.75, 3.05) is 144 Å². The minimum absolute atomic E-state index is 0.0416. The number of likely N-dealkylation sites (tertiary alicyclic amines) is 1. The fraction of sp³-hybridized carbons (Fsp3) is 0.699. The number of carboxylic acid groups (broad SMARTS) is 1. The first kappa shape index (κ1) is 106. The lowest BCUT2D eigenvalue weighted by atomic mass is 9.79. The van der Waals surface area contributed by atoms with E-state index < -0.39 is 72.7 Å². The number of anilines is 1. The van der Waals surface area contributed by atoms with Crippen molar-refractivity contribution in [3.05, 3.63) is 42.6 Å². The van der Waals surface area contributed by atoms with Crippen LogP contribution in [0.5, 0.6) is 5.75 Å². The maximum atomic E-state index is 12.8. The first-order valence-corrected chi connectivity index (χ1v) is 42.8. The number of esters is 3. The molecule has 7 rings (SSSR count). The van der Waals surface area contributed by atoms with Gasteiger partial charge in [-0.25, -0.2) is 19.7 Å². The van der Waals surface area contributed by atoms with Gasteiger partial charge in [0.1, 0.15) is 36.9 Å². The number of nitrogens with zero attached hydrogens (tertiary/aromatic N) is 5. The number of furan rings is 1. The predicted octanol–water partition coefficient (Wildman–Crippen LogP) is 6.67. The van der Waals surface area contributed by atoms with Crippen LogP contribution in [0, 0.1) is 11.8 Å². The van der Waals surface area contributed by atoms with E-state index in [2.05, 4.69) is 20.5 Å². The Morgan fingerprint density at radius 1 is 0.590 bits per heavy atom. The number of carbonyl (C=O) groups excluding carboxylic acids is 9. The number of hydrogen-bond donors (Lipinski definition) is 8. The van der Waals surface area contributed by atoms with Gasteiger partial charge in [0.05, 0.1) is 87.9 Å². The second-order valence-electron chi connectivity index (χ2n) is 28.4. The summed E-state index contributed by atoms with van der Waals surface area (Å²) in [7, 11) is 5.71. The molecule has 3 fully saturated rings. The molecule has 1 aliphatic carbocycles. The lowest BCUT2D eigenvalue weighted by molar-refractivity contribution is -0.194.